The van der Waals surface area contributed by atoms with Gasteiger partial charge in [0.25, 0.3) is 5.91 Å². The van der Waals surface area contributed by atoms with Gasteiger partial charge in [-0.3, -0.25) is 4.79 Å². The van der Waals surface area contributed by atoms with E-state index in [0.717, 1.165) is 30.9 Å². The molecule has 1 amide bonds. The highest BCUT2D eigenvalue weighted by molar-refractivity contribution is 6.05. The summed E-state index contributed by atoms with van der Waals surface area (Å²) in [5, 5.41) is 6.45. The second-order valence-corrected chi connectivity index (χ2v) is 7.03. The molecular formula is C23H24N4O. The third kappa shape index (κ3) is 4.09. The quantitative estimate of drug-likeness (QED) is 0.587. The zero-order chi connectivity index (χ0) is 19.3. The van der Waals surface area contributed by atoms with Gasteiger partial charge in [0.05, 0.1) is 11.4 Å². The molecule has 0 aromatic heterocycles. The first-order valence-corrected chi connectivity index (χ1v) is 9.51. The van der Waals surface area contributed by atoms with Crippen molar-refractivity contribution in [3.8, 4) is 0 Å². The molecule has 3 aromatic carbocycles. The molecule has 1 aliphatic heterocycles. The fraction of sp³-hybridized carbons (Fsp3) is 0.174. The number of carbonyl (C=O) groups excluding carboxylic acids is 1. The van der Waals surface area contributed by atoms with Crippen LogP contribution in [0.2, 0.25) is 0 Å². The summed E-state index contributed by atoms with van der Waals surface area (Å²) in [5.74, 6) is -0.158. The second kappa shape index (κ2) is 8.05. The minimum Gasteiger partial charge on any atom is -0.397 e. The maximum atomic E-state index is 12.5. The lowest BCUT2D eigenvalue weighted by molar-refractivity contribution is 0.102. The van der Waals surface area contributed by atoms with Gasteiger partial charge in [-0.1, -0.05) is 30.3 Å². The molecule has 0 bridgehead atoms. The number of anilines is 4. The number of rotatable bonds is 5. The summed E-state index contributed by atoms with van der Waals surface area (Å²) < 4.78 is 0. The van der Waals surface area contributed by atoms with Crippen molar-refractivity contribution >= 4 is 28.7 Å². The Morgan fingerprint density at radius 1 is 0.929 bits per heavy atom. The van der Waals surface area contributed by atoms with Crippen LogP contribution >= 0.6 is 0 Å². The molecule has 28 heavy (non-hydrogen) atoms. The van der Waals surface area contributed by atoms with Crippen LogP contribution in [-0.2, 0) is 0 Å². The highest BCUT2D eigenvalue weighted by atomic mass is 16.1. The number of nitrogens with one attached hydrogen (secondary N) is 2. The Morgan fingerprint density at radius 3 is 2.39 bits per heavy atom. The van der Waals surface area contributed by atoms with Gasteiger partial charge < -0.3 is 21.3 Å². The lowest BCUT2D eigenvalue weighted by Gasteiger charge is -2.20. The maximum absolute atomic E-state index is 12.5. The Balaban J connectivity index is 1.37. The summed E-state index contributed by atoms with van der Waals surface area (Å²) in [6.45, 7) is 1.94. The third-order valence-corrected chi connectivity index (χ3v) is 5.04. The lowest BCUT2D eigenvalue weighted by Crippen LogP contribution is -2.26. The van der Waals surface area contributed by atoms with Crippen LogP contribution in [0.5, 0.6) is 0 Å². The maximum Gasteiger partial charge on any atom is 0.255 e. The van der Waals surface area contributed by atoms with Crippen molar-refractivity contribution in [2.75, 3.05) is 34.4 Å². The molecule has 0 unspecified atom stereocenters. The summed E-state index contributed by atoms with van der Waals surface area (Å²) in [7, 11) is 0. The summed E-state index contributed by atoms with van der Waals surface area (Å²) in [4.78, 5) is 14.8. The van der Waals surface area contributed by atoms with Gasteiger partial charge in [-0.05, 0) is 55.0 Å². The molecule has 1 fully saturated rings. The zero-order valence-electron chi connectivity index (χ0n) is 15.6. The van der Waals surface area contributed by atoms with Crippen LogP contribution in [0.1, 0.15) is 16.8 Å². The van der Waals surface area contributed by atoms with Crippen molar-refractivity contribution in [2.24, 2.45) is 0 Å². The van der Waals surface area contributed by atoms with Gasteiger partial charge in [0, 0.05) is 36.1 Å². The Hall–Kier alpha value is -3.47. The molecule has 1 aliphatic rings. The molecular weight excluding hydrogens is 348 g/mol. The number of benzene rings is 3. The first-order valence-electron chi connectivity index (χ1n) is 9.51. The minimum atomic E-state index is -0.158. The van der Waals surface area contributed by atoms with Crippen LogP contribution in [-0.4, -0.2) is 25.0 Å². The largest absolute Gasteiger partial charge is 0.397 e. The fourth-order valence-electron chi connectivity index (χ4n) is 3.51. The summed E-state index contributed by atoms with van der Waals surface area (Å²) in [5.41, 5.74) is 9.98. The van der Waals surface area contributed by atoms with Crippen molar-refractivity contribution in [3.05, 3.63) is 84.4 Å². The molecule has 0 aliphatic carbocycles. The summed E-state index contributed by atoms with van der Waals surface area (Å²) in [6, 6.07) is 25.7. The smallest absolute Gasteiger partial charge is 0.255 e. The summed E-state index contributed by atoms with van der Waals surface area (Å²) in [6.07, 6.45) is 1.09. The minimum absolute atomic E-state index is 0.158. The number of nitrogens with two attached hydrogens (primary N) is 1. The van der Waals surface area contributed by atoms with Crippen LogP contribution in [0, 0.1) is 0 Å². The van der Waals surface area contributed by atoms with Crippen LogP contribution < -0.4 is 21.3 Å². The molecule has 5 heteroatoms. The first-order chi connectivity index (χ1) is 13.7. The van der Waals surface area contributed by atoms with Crippen LogP contribution in [0.3, 0.4) is 0 Å². The van der Waals surface area contributed by atoms with Crippen LogP contribution in [0.25, 0.3) is 0 Å². The van der Waals surface area contributed by atoms with E-state index in [4.69, 9.17) is 5.73 Å². The van der Waals surface area contributed by atoms with Crippen molar-refractivity contribution in [3.63, 3.8) is 0 Å². The molecule has 4 N–H and O–H groups in total. The Bertz CT molecular complexity index is 940. The number of nitrogen functional groups attached to an aromatic ring is 1. The van der Waals surface area contributed by atoms with E-state index in [-0.39, 0.29) is 5.91 Å². The van der Waals surface area contributed by atoms with E-state index in [1.54, 1.807) is 12.1 Å². The zero-order valence-corrected chi connectivity index (χ0v) is 15.6. The lowest BCUT2D eigenvalue weighted by atomic mass is 10.1. The first kappa shape index (κ1) is 17.9. The van der Waals surface area contributed by atoms with E-state index < -0.39 is 0 Å². The van der Waals surface area contributed by atoms with E-state index in [1.165, 1.54) is 0 Å². The number of carbonyl (C=O) groups is 1. The normalized spacial score (nSPS) is 16.0. The average molecular weight is 372 g/mol. The van der Waals surface area contributed by atoms with Crippen molar-refractivity contribution in [2.45, 2.75) is 12.5 Å². The van der Waals surface area contributed by atoms with Gasteiger partial charge in [0.1, 0.15) is 0 Å². The predicted octanol–water partition coefficient (Wildman–Crippen LogP) is 4.21. The van der Waals surface area contributed by atoms with E-state index in [2.05, 4.69) is 27.7 Å². The topological polar surface area (TPSA) is 70.4 Å². The fourth-order valence-corrected chi connectivity index (χ4v) is 3.51. The molecule has 1 atom stereocenters. The van der Waals surface area contributed by atoms with Gasteiger partial charge in [-0.15, -0.1) is 0 Å². The summed E-state index contributed by atoms with van der Waals surface area (Å²) >= 11 is 0. The highest BCUT2D eigenvalue weighted by Crippen LogP contribution is 2.24. The number of hydrogen-bond acceptors (Lipinski definition) is 4. The Kier molecular flexibility index (Phi) is 5.15. The van der Waals surface area contributed by atoms with E-state index in [9.17, 15) is 4.79 Å². The van der Waals surface area contributed by atoms with Gasteiger partial charge in [-0.25, -0.2) is 0 Å². The SMILES string of the molecule is Nc1ccccc1NC(=O)c1ccc(N2CC[C@H](Nc3ccccc3)C2)cc1. The molecule has 0 radical (unpaired) electrons. The number of hydrogen-bond donors (Lipinski definition) is 3. The molecule has 5 nitrogen and oxygen atoms in total. The second-order valence-electron chi connectivity index (χ2n) is 7.03. The molecule has 0 spiro atoms. The number of para-hydroxylation sites is 3. The van der Waals surface area contributed by atoms with Crippen molar-refractivity contribution < 1.29 is 4.79 Å². The van der Waals surface area contributed by atoms with Gasteiger partial charge in [0.2, 0.25) is 0 Å². The third-order valence-electron chi connectivity index (χ3n) is 5.04. The predicted molar refractivity (Wildman–Crippen MR) is 116 cm³/mol. The average Bonchev–Trinajstić information content (AvgIpc) is 3.19. The van der Waals surface area contributed by atoms with Gasteiger partial charge in [-0.2, -0.15) is 0 Å². The van der Waals surface area contributed by atoms with E-state index >= 15 is 0 Å². The molecule has 0 saturated carbocycles. The number of nitrogens with zero attached hydrogens (tertiary/aromatic N) is 1. The monoisotopic (exact) mass is 372 g/mol. The Labute approximate surface area is 165 Å². The molecule has 142 valence electrons. The molecule has 1 heterocycles. The number of amides is 1. The van der Waals surface area contributed by atoms with Crippen molar-refractivity contribution in [1.82, 2.24) is 0 Å². The molecule has 1 saturated heterocycles. The van der Waals surface area contributed by atoms with E-state index in [1.807, 2.05) is 54.6 Å². The Morgan fingerprint density at radius 2 is 1.64 bits per heavy atom. The van der Waals surface area contributed by atoms with Gasteiger partial charge in [0.15, 0.2) is 0 Å². The highest BCUT2D eigenvalue weighted by Gasteiger charge is 2.22. The molecule has 4 rings (SSSR count). The van der Waals surface area contributed by atoms with Crippen LogP contribution in [0.15, 0.2) is 78.9 Å². The standard InChI is InChI=1S/C23H24N4O/c24-21-8-4-5-9-22(21)26-23(28)17-10-12-20(13-11-17)27-15-14-19(16-27)25-18-6-2-1-3-7-18/h1-13,19,25H,14-16,24H2,(H,26,28)/t19-/m0/s1. The van der Waals surface area contributed by atoms with E-state index in [0.29, 0.717) is 23.0 Å². The van der Waals surface area contributed by atoms with Gasteiger partial charge >= 0.3 is 0 Å². The van der Waals surface area contributed by atoms with Crippen molar-refractivity contribution in [1.29, 1.82) is 0 Å². The molecule has 3 aromatic rings. The van der Waals surface area contributed by atoms with Crippen LogP contribution in [0.4, 0.5) is 22.7 Å².